The van der Waals surface area contributed by atoms with E-state index >= 15 is 0 Å². The molecule has 1 rings (SSSR count). The standard InChI is InChI=1S/C10H13F3N2OS/c1-6(2)5-15-8(16)4-7(10(11,12)13)14-9(15)17-3/h4,6H,5H2,1-3H3. The van der Waals surface area contributed by atoms with Crippen LogP contribution in [0.2, 0.25) is 0 Å². The van der Waals surface area contributed by atoms with E-state index in [1.165, 1.54) is 4.57 Å². The zero-order chi connectivity index (χ0) is 13.2. The van der Waals surface area contributed by atoms with E-state index < -0.39 is 17.4 Å². The molecule has 1 aromatic heterocycles. The molecule has 0 saturated carbocycles. The monoisotopic (exact) mass is 266 g/mol. The summed E-state index contributed by atoms with van der Waals surface area (Å²) >= 11 is 1.03. The molecule has 0 unspecified atom stereocenters. The van der Waals surface area contributed by atoms with Crippen LogP contribution in [0.4, 0.5) is 13.2 Å². The summed E-state index contributed by atoms with van der Waals surface area (Å²) < 4.78 is 38.6. The maximum Gasteiger partial charge on any atom is 0.433 e. The molecular weight excluding hydrogens is 253 g/mol. The topological polar surface area (TPSA) is 34.9 Å². The van der Waals surface area contributed by atoms with Gasteiger partial charge in [0, 0.05) is 12.6 Å². The Morgan fingerprint density at radius 3 is 2.47 bits per heavy atom. The molecule has 0 fully saturated rings. The lowest BCUT2D eigenvalue weighted by Gasteiger charge is -2.14. The van der Waals surface area contributed by atoms with E-state index in [1.54, 1.807) is 6.26 Å². The highest BCUT2D eigenvalue weighted by molar-refractivity contribution is 7.98. The van der Waals surface area contributed by atoms with Gasteiger partial charge >= 0.3 is 6.18 Å². The Morgan fingerprint density at radius 1 is 1.47 bits per heavy atom. The Morgan fingerprint density at radius 2 is 2.06 bits per heavy atom. The zero-order valence-corrected chi connectivity index (χ0v) is 10.5. The number of hydrogen-bond acceptors (Lipinski definition) is 3. The summed E-state index contributed by atoms with van der Waals surface area (Å²) in [6.07, 6.45) is -2.99. The van der Waals surface area contributed by atoms with E-state index in [4.69, 9.17) is 0 Å². The molecular formula is C10H13F3N2OS. The van der Waals surface area contributed by atoms with Gasteiger partial charge < -0.3 is 0 Å². The first-order chi connectivity index (χ1) is 7.75. The minimum Gasteiger partial charge on any atom is -0.287 e. The van der Waals surface area contributed by atoms with Crippen LogP contribution in [0.1, 0.15) is 19.5 Å². The second kappa shape index (κ2) is 5.12. The van der Waals surface area contributed by atoms with Crippen molar-refractivity contribution in [2.45, 2.75) is 31.7 Å². The average molecular weight is 266 g/mol. The van der Waals surface area contributed by atoms with Crippen LogP contribution in [0.5, 0.6) is 0 Å². The third kappa shape index (κ3) is 3.49. The maximum absolute atomic E-state index is 12.5. The summed E-state index contributed by atoms with van der Waals surface area (Å²) in [5.41, 5.74) is -1.79. The second-order valence-electron chi connectivity index (χ2n) is 3.97. The lowest BCUT2D eigenvalue weighted by molar-refractivity contribution is -0.141. The average Bonchev–Trinajstić information content (AvgIpc) is 2.18. The van der Waals surface area contributed by atoms with Crippen molar-refractivity contribution >= 4 is 11.8 Å². The molecule has 17 heavy (non-hydrogen) atoms. The summed E-state index contributed by atoms with van der Waals surface area (Å²) in [6, 6.07) is 0.544. The third-order valence-corrected chi connectivity index (χ3v) is 2.67. The van der Waals surface area contributed by atoms with Crippen LogP contribution in [0.25, 0.3) is 0 Å². The van der Waals surface area contributed by atoms with Crippen molar-refractivity contribution in [3.8, 4) is 0 Å². The summed E-state index contributed by atoms with van der Waals surface area (Å²) in [7, 11) is 0. The van der Waals surface area contributed by atoms with Crippen molar-refractivity contribution in [2.75, 3.05) is 6.26 Å². The molecule has 0 radical (unpaired) electrons. The van der Waals surface area contributed by atoms with Crippen molar-refractivity contribution < 1.29 is 13.2 Å². The van der Waals surface area contributed by atoms with E-state index in [9.17, 15) is 18.0 Å². The van der Waals surface area contributed by atoms with E-state index in [0.29, 0.717) is 12.6 Å². The highest BCUT2D eigenvalue weighted by Gasteiger charge is 2.34. The fraction of sp³-hybridized carbons (Fsp3) is 0.600. The lowest BCUT2D eigenvalue weighted by Crippen LogP contribution is -2.27. The molecule has 1 heterocycles. The minimum absolute atomic E-state index is 0.0959. The highest BCUT2D eigenvalue weighted by atomic mass is 32.2. The Bertz CT molecular complexity index is 454. The molecule has 0 aliphatic rings. The van der Waals surface area contributed by atoms with Gasteiger partial charge in [0.05, 0.1) is 0 Å². The van der Waals surface area contributed by atoms with Gasteiger partial charge in [0.25, 0.3) is 5.56 Å². The number of thioether (sulfide) groups is 1. The molecule has 3 nitrogen and oxygen atoms in total. The van der Waals surface area contributed by atoms with Gasteiger partial charge in [-0.15, -0.1) is 0 Å². The molecule has 0 amide bonds. The molecule has 0 aliphatic carbocycles. The zero-order valence-electron chi connectivity index (χ0n) is 9.71. The summed E-state index contributed by atoms with van der Waals surface area (Å²) in [5, 5.41) is 0.0959. The molecule has 7 heteroatoms. The van der Waals surface area contributed by atoms with Gasteiger partial charge in [-0.1, -0.05) is 25.6 Å². The van der Waals surface area contributed by atoms with E-state index in [-0.39, 0.29) is 11.1 Å². The van der Waals surface area contributed by atoms with Gasteiger partial charge in [0.15, 0.2) is 10.9 Å². The lowest BCUT2D eigenvalue weighted by atomic mass is 10.2. The Labute approximate surface area is 101 Å². The van der Waals surface area contributed by atoms with Gasteiger partial charge in [0.2, 0.25) is 0 Å². The Kier molecular flexibility index (Phi) is 4.24. The van der Waals surface area contributed by atoms with E-state index in [2.05, 4.69) is 4.98 Å². The molecule has 0 bridgehead atoms. The molecule has 96 valence electrons. The van der Waals surface area contributed by atoms with Crippen LogP contribution >= 0.6 is 11.8 Å². The van der Waals surface area contributed by atoms with Crippen LogP contribution in [0.15, 0.2) is 16.0 Å². The van der Waals surface area contributed by atoms with Gasteiger partial charge in [-0.3, -0.25) is 9.36 Å². The number of aromatic nitrogens is 2. The van der Waals surface area contributed by atoms with Crippen LogP contribution in [-0.4, -0.2) is 15.8 Å². The van der Waals surface area contributed by atoms with Crippen molar-refractivity contribution in [1.29, 1.82) is 0 Å². The number of alkyl halides is 3. The highest BCUT2D eigenvalue weighted by Crippen LogP contribution is 2.27. The predicted molar refractivity (Wildman–Crippen MR) is 60.1 cm³/mol. The first-order valence-corrected chi connectivity index (χ1v) is 6.21. The van der Waals surface area contributed by atoms with Gasteiger partial charge in [0.1, 0.15) is 0 Å². The predicted octanol–water partition coefficient (Wildman–Crippen LogP) is 2.64. The molecule has 0 saturated heterocycles. The minimum atomic E-state index is -4.58. The Balaban J connectivity index is 3.31. The van der Waals surface area contributed by atoms with E-state index in [0.717, 1.165) is 11.8 Å². The third-order valence-electron chi connectivity index (χ3n) is 1.99. The van der Waals surface area contributed by atoms with Crippen molar-refractivity contribution in [1.82, 2.24) is 9.55 Å². The van der Waals surface area contributed by atoms with Crippen molar-refractivity contribution in [2.24, 2.45) is 5.92 Å². The van der Waals surface area contributed by atoms with Crippen LogP contribution < -0.4 is 5.56 Å². The number of hydrogen-bond donors (Lipinski definition) is 0. The maximum atomic E-state index is 12.5. The Hall–Kier alpha value is -0.980. The van der Waals surface area contributed by atoms with Crippen molar-refractivity contribution in [3.05, 3.63) is 22.1 Å². The number of halogens is 3. The largest absolute Gasteiger partial charge is 0.433 e. The second-order valence-corrected chi connectivity index (χ2v) is 4.74. The molecule has 1 aromatic rings. The fourth-order valence-electron chi connectivity index (χ4n) is 1.32. The van der Waals surface area contributed by atoms with Crippen LogP contribution in [-0.2, 0) is 12.7 Å². The van der Waals surface area contributed by atoms with Gasteiger partial charge in [-0.25, -0.2) is 4.98 Å². The molecule has 0 spiro atoms. The van der Waals surface area contributed by atoms with Crippen molar-refractivity contribution in [3.63, 3.8) is 0 Å². The molecule has 0 aromatic carbocycles. The number of nitrogens with zero attached hydrogens (tertiary/aromatic N) is 2. The van der Waals surface area contributed by atoms with Crippen LogP contribution in [0.3, 0.4) is 0 Å². The SMILES string of the molecule is CSc1nc(C(F)(F)F)cc(=O)n1CC(C)C. The normalized spacial score (nSPS) is 12.2. The van der Waals surface area contributed by atoms with Crippen LogP contribution in [0, 0.1) is 5.92 Å². The smallest absolute Gasteiger partial charge is 0.287 e. The summed E-state index contributed by atoms with van der Waals surface area (Å²) in [5.74, 6) is 0.164. The first-order valence-electron chi connectivity index (χ1n) is 4.98. The summed E-state index contributed by atoms with van der Waals surface area (Å²) in [6.45, 7) is 4.13. The number of rotatable bonds is 3. The fourth-order valence-corrected chi connectivity index (χ4v) is 1.89. The van der Waals surface area contributed by atoms with Gasteiger partial charge in [-0.05, 0) is 12.2 Å². The van der Waals surface area contributed by atoms with E-state index in [1.807, 2.05) is 13.8 Å². The van der Waals surface area contributed by atoms with Gasteiger partial charge in [-0.2, -0.15) is 13.2 Å². The first kappa shape index (κ1) is 14.1. The molecule has 0 N–H and O–H groups in total. The summed E-state index contributed by atoms with van der Waals surface area (Å²) in [4.78, 5) is 15.1. The molecule has 0 aliphatic heterocycles. The quantitative estimate of drug-likeness (QED) is 0.623. The molecule has 0 atom stereocenters.